The Labute approximate surface area is 158 Å². The first-order valence-electron chi connectivity index (χ1n) is 8.88. The number of rotatable bonds is 5. The lowest BCUT2D eigenvalue weighted by Crippen LogP contribution is -2.30. The van der Waals surface area contributed by atoms with Gasteiger partial charge >= 0.3 is 0 Å². The summed E-state index contributed by atoms with van der Waals surface area (Å²) in [5.74, 6) is 4.58. The quantitative estimate of drug-likeness (QED) is 0.868. The first-order valence-corrected chi connectivity index (χ1v) is 8.88. The first kappa shape index (κ1) is 17.8. The Balaban J connectivity index is 1.53. The summed E-state index contributed by atoms with van der Waals surface area (Å²) in [5.41, 5.74) is 15.4. The fourth-order valence-corrected chi connectivity index (χ4v) is 3.58. The molecule has 2 saturated carbocycles. The first-order chi connectivity index (χ1) is 12.8. The maximum atomic E-state index is 6.57. The van der Waals surface area contributed by atoms with Gasteiger partial charge in [0.2, 0.25) is 0 Å². The van der Waals surface area contributed by atoms with Crippen LogP contribution in [0.4, 0.5) is 0 Å². The predicted octanol–water partition coefficient (Wildman–Crippen LogP) is 3.94. The molecule has 4 N–H and O–H groups in total. The average Bonchev–Trinajstić information content (AvgIpc) is 3.37. The van der Waals surface area contributed by atoms with Gasteiger partial charge in [0.15, 0.2) is 0 Å². The highest BCUT2D eigenvalue weighted by molar-refractivity contribution is 5.66. The van der Waals surface area contributed by atoms with Crippen LogP contribution in [0.5, 0.6) is 0 Å². The summed E-state index contributed by atoms with van der Waals surface area (Å²) in [6.07, 6.45) is 12.6. The van der Waals surface area contributed by atoms with E-state index in [-0.39, 0.29) is 12.1 Å². The lowest BCUT2D eigenvalue weighted by atomic mass is 9.72. The summed E-state index contributed by atoms with van der Waals surface area (Å²) in [6.45, 7) is 0. The molecule has 2 aromatic rings. The minimum atomic E-state index is -0.156. The molecule has 4 rings (SSSR count). The zero-order valence-corrected chi connectivity index (χ0v) is 14.5. The van der Waals surface area contributed by atoms with E-state index in [1.54, 1.807) is 0 Å². The fourth-order valence-electron chi connectivity index (χ4n) is 3.58. The van der Waals surface area contributed by atoms with E-state index in [0.717, 1.165) is 34.8 Å². The molecule has 2 aliphatic carbocycles. The van der Waals surface area contributed by atoms with Gasteiger partial charge in [-0.1, -0.05) is 60.7 Å². The topological polar surface area (TPSA) is 52.0 Å². The van der Waals surface area contributed by atoms with Crippen LogP contribution in [0.3, 0.4) is 0 Å². The maximum Gasteiger partial charge on any atom is 0.0367 e. The van der Waals surface area contributed by atoms with Crippen LogP contribution in [-0.4, -0.2) is 0 Å². The van der Waals surface area contributed by atoms with E-state index in [9.17, 15) is 0 Å². The van der Waals surface area contributed by atoms with E-state index in [4.69, 9.17) is 11.5 Å². The van der Waals surface area contributed by atoms with Crippen molar-refractivity contribution >= 4 is 0 Å². The molecular formula is C24H22N2. The van der Waals surface area contributed by atoms with Gasteiger partial charge in [-0.3, -0.25) is 0 Å². The fraction of sp³-hybridized carbons (Fsp3) is 0.0833. The summed E-state index contributed by atoms with van der Waals surface area (Å²) in [4.78, 5) is 0. The lowest BCUT2D eigenvalue weighted by Gasteiger charge is -2.34. The minimum absolute atomic E-state index is 0.156. The molecule has 26 heavy (non-hydrogen) atoms. The van der Waals surface area contributed by atoms with Crippen molar-refractivity contribution in [3.8, 4) is 0 Å². The monoisotopic (exact) mass is 338 g/mol. The SMILES string of the molecule is N[C@@H]([C]1[CH][CH][CH][C]1[C]1[CH][CH][CH][C]1[C@H](N)c1ccccc1)c1ccccc1. The molecule has 2 nitrogen and oxygen atoms in total. The Bertz CT molecular complexity index is 622. The molecule has 2 fully saturated rings. The van der Waals surface area contributed by atoms with Crippen molar-refractivity contribution in [1.29, 1.82) is 0 Å². The number of hydrogen-bond donors (Lipinski definition) is 2. The minimum Gasteiger partial charge on any atom is -0.323 e. The van der Waals surface area contributed by atoms with Crippen LogP contribution in [0, 0.1) is 62.2 Å². The molecule has 2 atom stereocenters. The molecule has 0 amide bonds. The number of hydrogen-bond acceptors (Lipinski definition) is 2. The Morgan fingerprint density at radius 3 is 1.27 bits per heavy atom. The van der Waals surface area contributed by atoms with Gasteiger partial charge in [-0.05, 0) is 61.5 Å². The molecule has 0 saturated heterocycles. The average molecular weight is 338 g/mol. The van der Waals surface area contributed by atoms with Crippen LogP contribution in [0.2, 0.25) is 0 Å². The lowest BCUT2D eigenvalue weighted by molar-refractivity contribution is 0.706. The molecule has 0 spiro atoms. The van der Waals surface area contributed by atoms with Crippen molar-refractivity contribution in [3.05, 3.63) is 134 Å². The van der Waals surface area contributed by atoms with Crippen LogP contribution in [-0.2, 0) is 0 Å². The second kappa shape index (κ2) is 7.94. The largest absolute Gasteiger partial charge is 0.323 e. The van der Waals surface area contributed by atoms with Crippen molar-refractivity contribution in [2.24, 2.45) is 11.5 Å². The van der Waals surface area contributed by atoms with E-state index >= 15 is 0 Å². The van der Waals surface area contributed by atoms with E-state index in [1.807, 2.05) is 36.4 Å². The molecule has 0 bridgehead atoms. The molecule has 2 heteroatoms. The zero-order valence-electron chi connectivity index (χ0n) is 14.5. The smallest absolute Gasteiger partial charge is 0.0367 e. The molecular weight excluding hydrogens is 316 g/mol. The molecule has 0 aliphatic heterocycles. The highest BCUT2D eigenvalue weighted by atomic mass is 14.7. The van der Waals surface area contributed by atoms with Crippen molar-refractivity contribution in [3.63, 3.8) is 0 Å². The Morgan fingerprint density at radius 2 is 0.885 bits per heavy atom. The van der Waals surface area contributed by atoms with E-state index in [1.165, 1.54) is 0 Å². The van der Waals surface area contributed by atoms with Crippen molar-refractivity contribution < 1.29 is 0 Å². The van der Waals surface area contributed by atoms with Crippen molar-refractivity contribution in [2.75, 3.05) is 0 Å². The highest BCUT2D eigenvalue weighted by Crippen LogP contribution is 2.54. The predicted molar refractivity (Wildman–Crippen MR) is 106 cm³/mol. The molecule has 0 unspecified atom stereocenters. The third kappa shape index (κ3) is 3.45. The summed E-state index contributed by atoms with van der Waals surface area (Å²) in [7, 11) is 0. The van der Waals surface area contributed by atoms with Gasteiger partial charge in [-0.15, -0.1) is 0 Å². The third-order valence-corrected chi connectivity index (χ3v) is 4.98. The summed E-state index contributed by atoms with van der Waals surface area (Å²) in [5, 5.41) is 0. The zero-order chi connectivity index (χ0) is 17.9. The third-order valence-electron chi connectivity index (χ3n) is 4.98. The van der Waals surface area contributed by atoms with E-state index < -0.39 is 0 Å². The second-order valence-electron chi connectivity index (χ2n) is 6.57. The molecule has 0 aromatic heterocycles. The Hall–Kier alpha value is -1.64. The van der Waals surface area contributed by atoms with Crippen molar-refractivity contribution in [2.45, 2.75) is 12.1 Å². The molecule has 128 valence electrons. The molecule has 2 aromatic carbocycles. The standard InChI is InChI=1S/C24H22N2/c25-23(17-9-3-1-4-10-17)21-15-7-13-19(21)20-14-8-16-22(20)24(26)18-11-5-2-6-12-18/h1-16,23-24H,25-26H2/t23-,24-/m1/s1. The van der Waals surface area contributed by atoms with E-state index in [0.29, 0.717) is 0 Å². The summed E-state index contributed by atoms with van der Waals surface area (Å²) < 4.78 is 0. The second-order valence-corrected chi connectivity index (χ2v) is 6.57. The van der Waals surface area contributed by atoms with Gasteiger partial charge in [0, 0.05) is 23.9 Å². The number of nitrogens with two attached hydrogens (primary N) is 2. The maximum absolute atomic E-state index is 6.57. The van der Waals surface area contributed by atoms with Gasteiger partial charge in [0.05, 0.1) is 0 Å². The highest BCUT2D eigenvalue weighted by Gasteiger charge is 2.46. The van der Waals surface area contributed by atoms with Crippen LogP contribution < -0.4 is 11.5 Å². The Kier molecular flexibility index (Phi) is 5.42. The van der Waals surface area contributed by atoms with Crippen molar-refractivity contribution in [1.82, 2.24) is 0 Å². The number of benzene rings is 2. The van der Waals surface area contributed by atoms with Crippen LogP contribution >= 0.6 is 0 Å². The molecule has 2 aliphatic rings. The molecule has 10 radical (unpaired) electrons. The van der Waals surface area contributed by atoms with Gasteiger partial charge in [-0.2, -0.15) is 0 Å². The van der Waals surface area contributed by atoms with Gasteiger partial charge in [-0.25, -0.2) is 0 Å². The Morgan fingerprint density at radius 1 is 0.500 bits per heavy atom. The summed E-state index contributed by atoms with van der Waals surface area (Å²) in [6, 6.07) is 20.1. The van der Waals surface area contributed by atoms with Crippen LogP contribution in [0.1, 0.15) is 23.2 Å². The van der Waals surface area contributed by atoms with Crippen LogP contribution in [0.25, 0.3) is 0 Å². The van der Waals surface area contributed by atoms with E-state index in [2.05, 4.69) is 62.8 Å². The molecule has 0 heterocycles. The van der Waals surface area contributed by atoms with Crippen LogP contribution in [0.15, 0.2) is 60.7 Å². The summed E-state index contributed by atoms with van der Waals surface area (Å²) >= 11 is 0. The van der Waals surface area contributed by atoms with Gasteiger partial charge < -0.3 is 11.5 Å². The van der Waals surface area contributed by atoms with Gasteiger partial charge in [0.1, 0.15) is 0 Å². The van der Waals surface area contributed by atoms with Gasteiger partial charge in [0.25, 0.3) is 0 Å². The normalized spacial score (nSPS) is 22.7.